The molecule has 3 aromatic rings. The first-order chi connectivity index (χ1) is 11.2. The first-order valence-electron chi connectivity index (χ1n) is 7.99. The predicted molar refractivity (Wildman–Crippen MR) is 100 cm³/mol. The van der Waals surface area contributed by atoms with Gasteiger partial charge < -0.3 is 9.88 Å². The fourth-order valence-corrected chi connectivity index (χ4v) is 3.67. The first-order valence-corrected chi connectivity index (χ1v) is 8.37. The van der Waals surface area contributed by atoms with E-state index in [0.717, 1.165) is 42.2 Å². The summed E-state index contributed by atoms with van der Waals surface area (Å²) in [5, 5.41) is 5.37. The molecule has 0 aliphatic carbocycles. The molecule has 0 radical (unpaired) electrons. The van der Waals surface area contributed by atoms with Crippen LogP contribution in [-0.4, -0.2) is 17.7 Å². The zero-order valence-corrected chi connectivity index (χ0v) is 14.7. The van der Waals surface area contributed by atoms with Gasteiger partial charge in [0.05, 0.1) is 5.52 Å². The maximum absolute atomic E-state index is 13.2. The maximum Gasteiger partial charge on any atom is 0.123 e. The molecule has 2 aromatic carbocycles. The van der Waals surface area contributed by atoms with Gasteiger partial charge in [0.15, 0.2) is 0 Å². The predicted octanol–water partition coefficient (Wildman–Crippen LogP) is 5.31. The lowest BCUT2D eigenvalue weighted by Gasteiger charge is -2.22. The Hall–Kier alpha value is -1.55. The van der Waals surface area contributed by atoms with E-state index in [1.807, 2.05) is 30.3 Å². The molecule has 1 aliphatic rings. The normalized spacial score (nSPS) is 15.4. The van der Waals surface area contributed by atoms with E-state index in [1.165, 1.54) is 23.1 Å². The zero-order chi connectivity index (χ0) is 15.8. The molecule has 1 fully saturated rings. The molecule has 126 valence electrons. The minimum Gasteiger partial charge on any atom is -0.317 e. The Morgan fingerprint density at radius 2 is 1.75 bits per heavy atom. The van der Waals surface area contributed by atoms with Gasteiger partial charge in [-0.05, 0) is 79.9 Å². The van der Waals surface area contributed by atoms with Crippen LogP contribution in [0.2, 0.25) is 5.02 Å². The highest BCUT2D eigenvalue weighted by Crippen LogP contribution is 2.35. The molecule has 0 unspecified atom stereocenters. The summed E-state index contributed by atoms with van der Waals surface area (Å²) in [6, 6.07) is 12.6. The molecule has 2 nitrogen and oxygen atoms in total. The average molecular weight is 365 g/mol. The van der Waals surface area contributed by atoms with E-state index >= 15 is 0 Å². The van der Waals surface area contributed by atoms with Crippen molar-refractivity contribution in [3.05, 3.63) is 65.1 Å². The Bertz CT molecular complexity index is 836. The van der Waals surface area contributed by atoms with Gasteiger partial charge in [0, 0.05) is 22.3 Å². The summed E-state index contributed by atoms with van der Waals surface area (Å²) in [7, 11) is 0. The Morgan fingerprint density at radius 1 is 1.04 bits per heavy atom. The van der Waals surface area contributed by atoms with E-state index in [0.29, 0.717) is 5.92 Å². The van der Waals surface area contributed by atoms with Crippen LogP contribution in [0.3, 0.4) is 0 Å². The molecule has 0 saturated carbocycles. The van der Waals surface area contributed by atoms with Crippen LogP contribution in [-0.2, 0) is 0 Å². The molecule has 0 spiro atoms. The SMILES string of the molecule is Cl.Fc1ccc(-n2cc(C3CCNCC3)c3cc(Cl)ccc32)cc1. The number of hydrogen-bond donors (Lipinski definition) is 1. The Morgan fingerprint density at radius 3 is 2.46 bits per heavy atom. The number of aromatic nitrogens is 1. The molecular weight excluding hydrogens is 346 g/mol. The fraction of sp³-hybridized carbons (Fsp3) is 0.263. The highest BCUT2D eigenvalue weighted by Gasteiger charge is 2.20. The number of halogens is 3. The minimum absolute atomic E-state index is 0. The van der Waals surface area contributed by atoms with Gasteiger partial charge in [-0.15, -0.1) is 12.4 Å². The third-order valence-electron chi connectivity index (χ3n) is 4.68. The molecule has 2 heterocycles. The number of nitrogens with zero attached hydrogens (tertiary/aromatic N) is 1. The molecule has 0 amide bonds. The van der Waals surface area contributed by atoms with Gasteiger partial charge in [-0.1, -0.05) is 11.6 Å². The molecular formula is C19H19Cl2FN2. The second-order valence-electron chi connectivity index (χ2n) is 6.12. The van der Waals surface area contributed by atoms with Gasteiger partial charge in [-0.2, -0.15) is 0 Å². The van der Waals surface area contributed by atoms with Gasteiger partial charge in [0.2, 0.25) is 0 Å². The van der Waals surface area contributed by atoms with Crippen LogP contribution in [0.4, 0.5) is 4.39 Å². The summed E-state index contributed by atoms with van der Waals surface area (Å²) in [6.07, 6.45) is 4.47. The van der Waals surface area contributed by atoms with Gasteiger partial charge in [0.25, 0.3) is 0 Å². The summed E-state index contributed by atoms with van der Waals surface area (Å²) in [6.45, 7) is 2.10. The Labute approximate surface area is 152 Å². The van der Waals surface area contributed by atoms with Crippen LogP contribution < -0.4 is 5.32 Å². The average Bonchev–Trinajstić information content (AvgIpc) is 2.95. The largest absolute Gasteiger partial charge is 0.317 e. The van der Waals surface area contributed by atoms with Gasteiger partial charge in [0.1, 0.15) is 5.82 Å². The number of rotatable bonds is 2. The summed E-state index contributed by atoms with van der Waals surface area (Å²) in [4.78, 5) is 0. The van der Waals surface area contributed by atoms with Gasteiger partial charge in [-0.3, -0.25) is 0 Å². The maximum atomic E-state index is 13.2. The smallest absolute Gasteiger partial charge is 0.123 e. The van der Waals surface area contributed by atoms with Crippen molar-refractivity contribution in [3.8, 4) is 5.69 Å². The van der Waals surface area contributed by atoms with Crippen molar-refractivity contribution in [2.24, 2.45) is 0 Å². The number of nitrogens with one attached hydrogen (secondary N) is 1. The topological polar surface area (TPSA) is 17.0 Å². The molecule has 0 atom stereocenters. The molecule has 5 heteroatoms. The van der Waals surface area contributed by atoms with Crippen molar-refractivity contribution in [2.45, 2.75) is 18.8 Å². The van der Waals surface area contributed by atoms with Crippen LogP contribution in [0, 0.1) is 5.82 Å². The van der Waals surface area contributed by atoms with Crippen molar-refractivity contribution in [3.63, 3.8) is 0 Å². The Balaban J connectivity index is 0.00000169. The molecule has 4 rings (SSSR count). The van der Waals surface area contributed by atoms with Crippen molar-refractivity contribution in [2.75, 3.05) is 13.1 Å². The highest BCUT2D eigenvalue weighted by atomic mass is 35.5. The van der Waals surface area contributed by atoms with Crippen LogP contribution in [0.5, 0.6) is 0 Å². The molecule has 1 saturated heterocycles. The third-order valence-corrected chi connectivity index (χ3v) is 4.92. The van der Waals surface area contributed by atoms with Crippen LogP contribution in [0.1, 0.15) is 24.3 Å². The molecule has 1 aromatic heterocycles. The van der Waals surface area contributed by atoms with Crippen LogP contribution in [0.25, 0.3) is 16.6 Å². The van der Waals surface area contributed by atoms with Crippen LogP contribution >= 0.6 is 24.0 Å². The van der Waals surface area contributed by atoms with Crippen molar-refractivity contribution < 1.29 is 4.39 Å². The van der Waals surface area contributed by atoms with E-state index in [1.54, 1.807) is 0 Å². The van der Waals surface area contributed by atoms with Gasteiger partial charge >= 0.3 is 0 Å². The lowest BCUT2D eigenvalue weighted by molar-refractivity contribution is 0.462. The van der Waals surface area contributed by atoms with Crippen LogP contribution in [0.15, 0.2) is 48.7 Å². The lowest BCUT2D eigenvalue weighted by Crippen LogP contribution is -2.26. The first kappa shape index (κ1) is 17.3. The van der Waals surface area contributed by atoms with Gasteiger partial charge in [-0.25, -0.2) is 4.39 Å². The second kappa shape index (κ2) is 7.14. The monoisotopic (exact) mass is 364 g/mol. The van der Waals surface area contributed by atoms with Crippen molar-refractivity contribution >= 4 is 34.9 Å². The number of fused-ring (bicyclic) bond motifs is 1. The van der Waals surface area contributed by atoms with E-state index in [-0.39, 0.29) is 18.2 Å². The summed E-state index contributed by atoms with van der Waals surface area (Å²) < 4.78 is 15.4. The van der Waals surface area contributed by atoms with E-state index < -0.39 is 0 Å². The second-order valence-corrected chi connectivity index (χ2v) is 6.55. The number of hydrogen-bond acceptors (Lipinski definition) is 1. The number of piperidine rings is 1. The minimum atomic E-state index is -0.216. The molecule has 1 aliphatic heterocycles. The Kier molecular flexibility index (Phi) is 5.14. The number of benzene rings is 2. The summed E-state index contributed by atoms with van der Waals surface area (Å²) in [5.74, 6) is 0.325. The van der Waals surface area contributed by atoms with Crippen molar-refractivity contribution in [1.82, 2.24) is 9.88 Å². The fourth-order valence-electron chi connectivity index (χ4n) is 3.50. The molecule has 24 heavy (non-hydrogen) atoms. The van der Waals surface area contributed by atoms with E-state index in [2.05, 4.69) is 16.1 Å². The van der Waals surface area contributed by atoms with Crippen molar-refractivity contribution in [1.29, 1.82) is 0 Å². The molecule has 1 N–H and O–H groups in total. The lowest BCUT2D eigenvalue weighted by atomic mass is 9.90. The van der Waals surface area contributed by atoms with E-state index in [4.69, 9.17) is 11.6 Å². The third kappa shape index (κ3) is 3.16. The molecule has 0 bridgehead atoms. The highest BCUT2D eigenvalue weighted by molar-refractivity contribution is 6.31. The quantitative estimate of drug-likeness (QED) is 0.651. The standard InChI is InChI=1S/C19H18ClFN2.ClH/c20-14-1-6-19-17(11-14)18(13-7-9-22-10-8-13)12-23(19)16-4-2-15(21)3-5-16;/h1-6,11-13,22H,7-10H2;1H. The summed E-state index contributed by atoms with van der Waals surface area (Å²) in [5.41, 5.74) is 3.43. The zero-order valence-electron chi connectivity index (χ0n) is 13.1. The summed E-state index contributed by atoms with van der Waals surface area (Å²) >= 11 is 6.23. The van der Waals surface area contributed by atoms with E-state index in [9.17, 15) is 4.39 Å².